The van der Waals surface area contributed by atoms with Crippen molar-refractivity contribution in [2.45, 2.75) is 57.9 Å². The fraction of sp³-hybridized carbons (Fsp3) is 0.733. The summed E-state index contributed by atoms with van der Waals surface area (Å²) in [5.74, 6) is 0.933. The quantitative estimate of drug-likeness (QED) is 0.435. The Bertz CT molecular complexity index is 427. The molecular weight excluding hydrogens is 395 g/mol. The molecule has 1 fully saturated rings. The van der Waals surface area contributed by atoms with Crippen LogP contribution in [-0.4, -0.2) is 30.6 Å². The molecule has 1 saturated carbocycles. The van der Waals surface area contributed by atoms with Crippen molar-refractivity contribution in [3.05, 3.63) is 16.1 Å². The minimum absolute atomic E-state index is 0. The molecule has 0 unspecified atom stereocenters. The Balaban J connectivity index is 0.00000220. The van der Waals surface area contributed by atoms with Crippen LogP contribution in [0.3, 0.4) is 0 Å². The second-order valence-electron chi connectivity index (χ2n) is 5.31. The number of guanidine groups is 1. The predicted molar refractivity (Wildman–Crippen MR) is 102 cm³/mol. The van der Waals surface area contributed by atoms with Crippen molar-refractivity contribution >= 4 is 41.3 Å². The van der Waals surface area contributed by atoms with Crippen molar-refractivity contribution < 1.29 is 0 Å². The van der Waals surface area contributed by atoms with Gasteiger partial charge in [0.25, 0.3) is 0 Å². The molecule has 1 aromatic rings. The number of aromatic nitrogens is 1. The lowest BCUT2D eigenvalue weighted by Crippen LogP contribution is -2.44. The van der Waals surface area contributed by atoms with Crippen LogP contribution in [0.5, 0.6) is 0 Å². The van der Waals surface area contributed by atoms with E-state index in [2.05, 4.69) is 32.9 Å². The molecule has 1 aliphatic carbocycles. The van der Waals surface area contributed by atoms with Crippen molar-refractivity contribution in [3.63, 3.8) is 0 Å². The topological polar surface area (TPSA) is 49.3 Å². The van der Waals surface area contributed by atoms with E-state index in [1.165, 1.54) is 42.8 Å². The van der Waals surface area contributed by atoms with Gasteiger partial charge in [-0.1, -0.05) is 26.2 Å². The van der Waals surface area contributed by atoms with Gasteiger partial charge in [0, 0.05) is 31.4 Å². The van der Waals surface area contributed by atoms with E-state index in [1.54, 1.807) is 11.3 Å². The predicted octanol–water partition coefficient (Wildman–Crippen LogP) is 3.36. The first-order chi connectivity index (χ1) is 9.81. The molecule has 0 saturated heterocycles. The van der Waals surface area contributed by atoms with E-state index in [0.717, 1.165) is 25.3 Å². The Hall–Kier alpha value is -0.370. The normalized spacial score (nSPS) is 16.4. The largest absolute Gasteiger partial charge is 0.356 e. The third-order valence-electron chi connectivity index (χ3n) is 3.74. The summed E-state index contributed by atoms with van der Waals surface area (Å²) >= 11 is 1.76. The maximum Gasteiger partial charge on any atom is 0.191 e. The molecule has 0 atom stereocenters. The van der Waals surface area contributed by atoms with Crippen LogP contribution >= 0.6 is 35.3 Å². The van der Waals surface area contributed by atoms with Crippen molar-refractivity contribution in [1.82, 2.24) is 15.6 Å². The van der Waals surface area contributed by atoms with E-state index >= 15 is 0 Å². The summed E-state index contributed by atoms with van der Waals surface area (Å²) in [5, 5.41) is 10.3. The Morgan fingerprint density at radius 1 is 1.38 bits per heavy atom. The van der Waals surface area contributed by atoms with Crippen LogP contribution < -0.4 is 10.6 Å². The summed E-state index contributed by atoms with van der Waals surface area (Å²) in [4.78, 5) is 8.90. The zero-order valence-electron chi connectivity index (χ0n) is 13.0. The van der Waals surface area contributed by atoms with Gasteiger partial charge < -0.3 is 10.6 Å². The van der Waals surface area contributed by atoms with Crippen LogP contribution in [-0.2, 0) is 12.8 Å². The highest BCUT2D eigenvalue weighted by molar-refractivity contribution is 14.0. The number of aliphatic imine (C=N–C) groups is 1. The van der Waals surface area contributed by atoms with Crippen LogP contribution in [0.2, 0.25) is 0 Å². The molecule has 2 N–H and O–H groups in total. The van der Waals surface area contributed by atoms with Crippen LogP contribution in [0.25, 0.3) is 0 Å². The van der Waals surface area contributed by atoms with Gasteiger partial charge in [-0.2, -0.15) is 0 Å². The fourth-order valence-corrected chi connectivity index (χ4v) is 3.35. The van der Waals surface area contributed by atoms with Crippen molar-refractivity contribution in [2.24, 2.45) is 4.99 Å². The monoisotopic (exact) mass is 422 g/mol. The molecule has 2 rings (SSSR count). The molecule has 0 aromatic carbocycles. The average molecular weight is 422 g/mol. The minimum atomic E-state index is 0. The van der Waals surface area contributed by atoms with Gasteiger partial charge in [-0.25, -0.2) is 4.98 Å². The average Bonchev–Trinajstić information content (AvgIpc) is 2.95. The molecule has 0 aliphatic heterocycles. The number of hydrogen-bond acceptors (Lipinski definition) is 3. The van der Waals surface area contributed by atoms with Crippen LogP contribution in [0.15, 0.2) is 10.4 Å². The maximum atomic E-state index is 4.59. The van der Waals surface area contributed by atoms with Crippen molar-refractivity contribution in [3.8, 4) is 0 Å². The van der Waals surface area contributed by atoms with Gasteiger partial charge in [-0.3, -0.25) is 4.99 Å². The number of hydrogen-bond donors (Lipinski definition) is 2. The summed E-state index contributed by atoms with van der Waals surface area (Å²) in [6, 6.07) is 0.598. The minimum Gasteiger partial charge on any atom is -0.356 e. The molecule has 0 spiro atoms. The molecule has 0 amide bonds. The number of thiazole rings is 1. The van der Waals surface area contributed by atoms with Crippen LogP contribution in [0, 0.1) is 0 Å². The summed E-state index contributed by atoms with van der Waals surface area (Å²) in [6.45, 7) is 3.04. The molecule has 1 aromatic heterocycles. The van der Waals surface area contributed by atoms with Crippen LogP contribution in [0.1, 0.15) is 49.7 Å². The summed E-state index contributed by atoms with van der Waals surface area (Å²) in [6.07, 6.45) is 8.60. The third-order valence-corrected chi connectivity index (χ3v) is 4.79. The molecule has 0 bridgehead atoms. The molecule has 4 nitrogen and oxygen atoms in total. The van der Waals surface area contributed by atoms with Gasteiger partial charge in [0.05, 0.1) is 10.7 Å². The molecule has 21 heavy (non-hydrogen) atoms. The second kappa shape index (κ2) is 10.4. The standard InChI is InChI=1S/C15H26N4S.HI/c1-3-14-18-13(11-20-14)9-10-17-15(16-2)19-12-7-5-4-6-8-12;/h11-12H,3-10H2,1-2H3,(H2,16,17,19);1H. The molecule has 120 valence electrons. The molecule has 6 heteroatoms. The maximum absolute atomic E-state index is 4.59. The van der Waals surface area contributed by atoms with Gasteiger partial charge in [0.1, 0.15) is 0 Å². The van der Waals surface area contributed by atoms with E-state index in [9.17, 15) is 0 Å². The second-order valence-corrected chi connectivity index (χ2v) is 6.26. The number of nitrogens with zero attached hydrogens (tertiary/aromatic N) is 2. The molecular formula is C15H27IN4S. The Kier molecular flexibility index (Phi) is 9.23. The lowest BCUT2D eigenvalue weighted by molar-refractivity contribution is 0.410. The van der Waals surface area contributed by atoms with E-state index in [4.69, 9.17) is 0 Å². The first-order valence-corrected chi connectivity index (χ1v) is 8.60. The van der Waals surface area contributed by atoms with Gasteiger partial charge in [0.15, 0.2) is 5.96 Å². The van der Waals surface area contributed by atoms with Crippen molar-refractivity contribution in [2.75, 3.05) is 13.6 Å². The number of rotatable bonds is 5. The summed E-state index contributed by atoms with van der Waals surface area (Å²) in [7, 11) is 1.84. The Morgan fingerprint density at radius 3 is 2.76 bits per heavy atom. The lowest BCUT2D eigenvalue weighted by Gasteiger charge is -2.24. The molecule has 1 aliphatic rings. The van der Waals surface area contributed by atoms with Crippen LogP contribution in [0.4, 0.5) is 0 Å². The highest BCUT2D eigenvalue weighted by atomic mass is 127. The highest BCUT2D eigenvalue weighted by Crippen LogP contribution is 2.17. The number of halogens is 1. The van der Waals surface area contributed by atoms with E-state index in [0.29, 0.717) is 6.04 Å². The van der Waals surface area contributed by atoms with E-state index in [1.807, 2.05) is 7.05 Å². The fourth-order valence-electron chi connectivity index (χ4n) is 2.57. The lowest BCUT2D eigenvalue weighted by atomic mass is 9.96. The number of aryl methyl sites for hydroxylation is 1. The smallest absolute Gasteiger partial charge is 0.191 e. The number of nitrogens with one attached hydrogen (secondary N) is 2. The third kappa shape index (κ3) is 6.50. The van der Waals surface area contributed by atoms with Gasteiger partial charge >= 0.3 is 0 Å². The summed E-state index contributed by atoms with van der Waals surface area (Å²) in [5.41, 5.74) is 1.19. The van der Waals surface area contributed by atoms with E-state index < -0.39 is 0 Å². The zero-order valence-corrected chi connectivity index (χ0v) is 16.2. The first kappa shape index (κ1) is 18.7. The zero-order chi connectivity index (χ0) is 14.2. The molecule has 1 heterocycles. The molecule has 0 radical (unpaired) electrons. The van der Waals surface area contributed by atoms with E-state index in [-0.39, 0.29) is 24.0 Å². The summed E-state index contributed by atoms with van der Waals surface area (Å²) < 4.78 is 0. The SMILES string of the molecule is CCc1nc(CCNC(=NC)NC2CCCCC2)cs1.I. The van der Waals surface area contributed by atoms with Gasteiger partial charge in [-0.05, 0) is 19.3 Å². The first-order valence-electron chi connectivity index (χ1n) is 7.72. The van der Waals surface area contributed by atoms with Crippen molar-refractivity contribution in [1.29, 1.82) is 0 Å². The Morgan fingerprint density at radius 2 is 2.14 bits per heavy atom. The van der Waals surface area contributed by atoms with Gasteiger partial charge in [-0.15, -0.1) is 35.3 Å². The highest BCUT2D eigenvalue weighted by Gasteiger charge is 2.14. The Labute approximate surface area is 149 Å². The van der Waals surface area contributed by atoms with Gasteiger partial charge in [0.2, 0.25) is 0 Å².